The number of anilines is 1. The maximum absolute atomic E-state index is 12.3. The van der Waals surface area contributed by atoms with Gasteiger partial charge in [0.2, 0.25) is 5.91 Å². The highest BCUT2D eigenvalue weighted by Gasteiger charge is 2.17. The van der Waals surface area contributed by atoms with E-state index in [1.807, 2.05) is 24.3 Å². The average molecular weight is 312 g/mol. The van der Waals surface area contributed by atoms with E-state index in [0.717, 1.165) is 17.7 Å². The average Bonchev–Trinajstić information content (AvgIpc) is 2.55. The fourth-order valence-electron chi connectivity index (χ4n) is 2.47. The van der Waals surface area contributed by atoms with Crippen molar-refractivity contribution in [2.75, 3.05) is 5.32 Å². The van der Waals surface area contributed by atoms with Crippen LogP contribution >= 0.6 is 0 Å². The van der Waals surface area contributed by atoms with Crippen LogP contribution in [0.2, 0.25) is 0 Å². The van der Waals surface area contributed by atoms with E-state index in [1.165, 1.54) is 6.07 Å². The van der Waals surface area contributed by atoms with Gasteiger partial charge in [-0.1, -0.05) is 50.2 Å². The Hall–Kier alpha value is -2.69. The van der Waals surface area contributed by atoms with Gasteiger partial charge < -0.3 is 5.32 Å². The second-order valence-corrected chi connectivity index (χ2v) is 5.51. The predicted molar refractivity (Wildman–Crippen MR) is 90.6 cm³/mol. The first kappa shape index (κ1) is 16.7. The van der Waals surface area contributed by atoms with E-state index in [9.17, 15) is 14.9 Å². The van der Waals surface area contributed by atoms with Crippen LogP contribution in [0.3, 0.4) is 0 Å². The van der Waals surface area contributed by atoms with E-state index in [-0.39, 0.29) is 18.0 Å². The van der Waals surface area contributed by atoms with Crippen molar-refractivity contribution in [3.05, 3.63) is 69.8 Å². The van der Waals surface area contributed by atoms with E-state index in [1.54, 1.807) is 18.2 Å². The zero-order chi connectivity index (χ0) is 16.8. The minimum absolute atomic E-state index is 0.0218. The lowest BCUT2D eigenvalue weighted by molar-refractivity contribution is -0.385. The lowest BCUT2D eigenvalue weighted by atomic mass is 9.97. The van der Waals surface area contributed by atoms with E-state index in [0.29, 0.717) is 11.5 Å². The molecule has 1 atom stereocenters. The summed E-state index contributed by atoms with van der Waals surface area (Å²) in [6.07, 6.45) is 0.947. The van der Waals surface area contributed by atoms with Crippen LogP contribution in [0.25, 0.3) is 0 Å². The summed E-state index contributed by atoms with van der Waals surface area (Å²) in [5.74, 6) is 0.0765. The fraction of sp³-hybridized carbons (Fsp3) is 0.278. The van der Waals surface area contributed by atoms with Crippen molar-refractivity contribution in [2.24, 2.45) is 0 Å². The smallest absolute Gasteiger partial charge is 0.273 e. The number of benzene rings is 2. The van der Waals surface area contributed by atoms with Gasteiger partial charge in [0.05, 0.1) is 11.3 Å². The maximum atomic E-state index is 12.3. The van der Waals surface area contributed by atoms with Crippen LogP contribution in [0.15, 0.2) is 48.5 Å². The molecule has 0 bridgehead atoms. The van der Waals surface area contributed by atoms with Gasteiger partial charge in [0.25, 0.3) is 5.69 Å². The summed E-state index contributed by atoms with van der Waals surface area (Å²) in [4.78, 5) is 22.8. The van der Waals surface area contributed by atoms with Crippen molar-refractivity contribution < 1.29 is 9.72 Å². The summed E-state index contributed by atoms with van der Waals surface area (Å²) in [7, 11) is 0. The molecular weight excluding hydrogens is 292 g/mol. The molecule has 2 aromatic rings. The third-order valence-corrected chi connectivity index (χ3v) is 3.92. The van der Waals surface area contributed by atoms with Crippen LogP contribution in [0, 0.1) is 10.1 Å². The fourth-order valence-corrected chi connectivity index (χ4v) is 2.47. The molecule has 5 nitrogen and oxygen atoms in total. The van der Waals surface area contributed by atoms with Crippen LogP contribution in [-0.4, -0.2) is 10.8 Å². The van der Waals surface area contributed by atoms with E-state index < -0.39 is 4.92 Å². The highest BCUT2D eigenvalue weighted by Crippen LogP contribution is 2.27. The van der Waals surface area contributed by atoms with E-state index in [4.69, 9.17) is 0 Å². The molecule has 0 spiro atoms. The minimum atomic E-state index is -0.463. The van der Waals surface area contributed by atoms with Crippen molar-refractivity contribution in [3.63, 3.8) is 0 Å². The largest absolute Gasteiger partial charge is 0.326 e. The molecule has 1 N–H and O–H groups in total. The molecule has 23 heavy (non-hydrogen) atoms. The molecule has 2 rings (SSSR count). The van der Waals surface area contributed by atoms with Crippen LogP contribution in [0.4, 0.5) is 11.4 Å². The first-order valence-electron chi connectivity index (χ1n) is 7.64. The quantitative estimate of drug-likeness (QED) is 0.639. The topological polar surface area (TPSA) is 72.2 Å². The number of hydrogen-bond acceptors (Lipinski definition) is 3. The molecule has 5 heteroatoms. The molecule has 0 aromatic heterocycles. The third kappa shape index (κ3) is 4.16. The summed E-state index contributed by atoms with van der Waals surface area (Å²) in [6, 6.07) is 14.0. The lowest BCUT2D eigenvalue weighted by Crippen LogP contribution is -2.16. The van der Waals surface area contributed by atoms with Gasteiger partial charge in [-0.25, -0.2) is 0 Å². The Morgan fingerprint density at radius 3 is 2.52 bits per heavy atom. The first-order chi connectivity index (χ1) is 11.0. The highest BCUT2D eigenvalue weighted by molar-refractivity contribution is 5.93. The molecule has 0 radical (unpaired) electrons. The Morgan fingerprint density at radius 2 is 1.83 bits per heavy atom. The molecule has 0 saturated carbocycles. The Kier molecular flexibility index (Phi) is 5.46. The summed E-state index contributed by atoms with van der Waals surface area (Å²) >= 11 is 0. The van der Waals surface area contributed by atoms with Crippen molar-refractivity contribution >= 4 is 17.3 Å². The molecular formula is C18H20N2O3. The van der Waals surface area contributed by atoms with Gasteiger partial charge in [0, 0.05) is 17.3 Å². The Bertz CT molecular complexity index is 713. The molecule has 120 valence electrons. The molecule has 1 amide bonds. The maximum Gasteiger partial charge on any atom is 0.273 e. The van der Waals surface area contributed by atoms with Crippen molar-refractivity contribution in [2.45, 2.75) is 32.6 Å². The first-order valence-corrected chi connectivity index (χ1v) is 7.64. The van der Waals surface area contributed by atoms with Gasteiger partial charge in [-0.05, 0) is 24.0 Å². The SMILES string of the molecule is CC[C@@H](C)c1ccccc1NC(=O)Cc1ccccc1[N+](=O)[O-]. The molecule has 0 heterocycles. The Labute approximate surface area is 135 Å². The molecule has 0 fully saturated rings. The Balaban J connectivity index is 2.17. The highest BCUT2D eigenvalue weighted by atomic mass is 16.6. The summed E-state index contributed by atoms with van der Waals surface area (Å²) in [5, 5.41) is 13.9. The second kappa shape index (κ2) is 7.54. The molecule has 0 aliphatic carbocycles. The zero-order valence-electron chi connectivity index (χ0n) is 13.3. The van der Waals surface area contributed by atoms with Gasteiger partial charge >= 0.3 is 0 Å². The van der Waals surface area contributed by atoms with Gasteiger partial charge in [0.1, 0.15) is 0 Å². The van der Waals surface area contributed by atoms with Crippen molar-refractivity contribution in [3.8, 4) is 0 Å². The monoisotopic (exact) mass is 312 g/mol. The number of nitro benzene ring substituents is 1. The number of rotatable bonds is 6. The van der Waals surface area contributed by atoms with E-state index >= 15 is 0 Å². The van der Waals surface area contributed by atoms with Crippen molar-refractivity contribution in [1.82, 2.24) is 0 Å². The summed E-state index contributed by atoms with van der Waals surface area (Å²) in [6.45, 7) is 4.20. The standard InChI is InChI=1S/C18H20N2O3/c1-3-13(2)15-9-5-6-10-16(15)19-18(21)12-14-8-4-7-11-17(14)20(22)23/h4-11,13H,3,12H2,1-2H3,(H,19,21)/t13-/m1/s1. The van der Waals surface area contributed by atoms with Gasteiger partial charge in [-0.2, -0.15) is 0 Å². The molecule has 0 aliphatic heterocycles. The van der Waals surface area contributed by atoms with Crippen LogP contribution in [0.1, 0.15) is 37.3 Å². The van der Waals surface area contributed by atoms with Crippen molar-refractivity contribution in [1.29, 1.82) is 0 Å². The predicted octanol–water partition coefficient (Wildman–Crippen LogP) is 4.29. The number of nitrogens with zero attached hydrogens (tertiary/aromatic N) is 1. The zero-order valence-corrected chi connectivity index (χ0v) is 13.3. The lowest BCUT2D eigenvalue weighted by Gasteiger charge is -2.15. The summed E-state index contributed by atoms with van der Waals surface area (Å²) < 4.78 is 0. The molecule has 0 aliphatic rings. The van der Waals surface area contributed by atoms with Gasteiger partial charge in [-0.3, -0.25) is 14.9 Å². The van der Waals surface area contributed by atoms with Crippen LogP contribution in [0.5, 0.6) is 0 Å². The molecule has 2 aromatic carbocycles. The number of nitrogens with one attached hydrogen (secondary N) is 1. The number of amides is 1. The minimum Gasteiger partial charge on any atom is -0.326 e. The van der Waals surface area contributed by atoms with Crippen LogP contribution in [-0.2, 0) is 11.2 Å². The molecule has 0 unspecified atom stereocenters. The number of carbonyl (C=O) groups excluding carboxylic acids is 1. The third-order valence-electron chi connectivity index (χ3n) is 3.92. The Morgan fingerprint density at radius 1 is 1.17 bits per heavy atom. The summed E-state index contributed by atoms with van der Waals surface area (Å²) in [5.41, 5.74) is 2.23. The van der Waals surface area contributed by atoms with Gasteiger partial charge in [-0.15, -0.1) is 0 Å². The molecule has 0 saturated heterocycles. The normalized spacial score (nSPS) is 11.7. The van der Waals surface area contributed by atoms with Crippen LogP contribution < -0.4 is 5.32 Å². The second-order valence-electron chi connectivity index (χ2n) is 5.51. The number of para-hydroxylation sites is 2. The number of hydrogen-bond donors (Lipinski definition) is 1. The number of nitro groups is 1. The number of carbonyl (C=O) groups is 1. The van der Waals surface area contributed by atoms with E-state index in [2.05, 4.69) is 19.2 Å². The van der Waals surface area contributed by atoms with Gasteiger partial charge in [0.15, 0.2) is 0 Å².